The molecule has 3 saturated heterocycles. The zero-order valence-electron chi connectivity index (χ0n) is 20.7. The molecule has 0 radical (unpaired) electrons. The van der Waals surface area contributed by atoms with Crippen molar-refractivity contribution in [3.8, 4) is 0 Å². The van der Waals surface area contributed by atoms with Crippen molar-refractivity contribution in [1.82, 2.24) is 14.7 Å². The van der Waals surface area contributed by atoms with Crippen LogP contribution < -0.4 is 5.73 Å². The second kappa shape index (κ2) is 8.58. The summed E-state index contributed by atoms with van der Waals surface area (Å²) in [5.74, 6) is -0.226. The summed E-state index contributed by atoms with van der Waals surface area (Å²) in [6.07, 6.45) is 4.32. The van der Waals surface area contributed by atoms with Gasteiger partial charge < -0.3 is 15.4 Å². The van der Waals surface area contributed by atoms with Gasteiger partial charge in [0.2, 0.25) is 5.60 Å². The van der Waals surface area contributed by atoms with Crippen LogP contribution in [-0.4, -0.2) is 81.8 Å². The lowest BCUT2D eigenvalue weighted by Crippen LogP contribution is -2.59. The number of likely N-dealkylation sites (tertiary alicyclic amines) is 2. The Labute approximate surface area is 209 Å². The molecule has 190 valence electrons. The number of hydrogen-bond acceptors (Lipinski definition) is 8. The van der Waals surface area contributed by atoms with Gasteiger partial charge in [-0.3, -0.25) is 19.3 Å². The molecule has 2 N–H and O–H groups in total. The number of ketones is 1. The van der Waals surface area contributed by atoms with Crippen molar-refractivity contribution in [2.75, 3.05) is 31.9 Å². The molecule has 0 saturated carbocycles. The molecule has 1 spiro atoms. The van der Waals surface area contributed by atoms with Crippen LogP contribution in [0, 0.1) is 0 Å². The number of anilines is 1. The molecule has 4 aliphatic rings. The molecule has 35 heavy (non-hydrogen) atoms. The maximum absolute atomic E-state index is 13.4. The lowest BCUT2D eigenvalue weighted by molar-refractivity contribution is -0.144. The number of imide groups is 1. The lowest BCUT2D eigenvalue weighted by Gasteiger charge is -2.44. The van der Waals surface area contributed by atoms with Crippen molar-refractivity contribution in [1.29, 1.82) is 0 Å². The molecule has 9 nitrogen and oxygen atoms in total. The van der Waals surface area contributed by atoms with Crippen molar-refractivity contribution in [3.05, 3.63) is 16.0 Å². The quantitative estimate of drug-likeness (QED) is 0.661. The highest BCUT2D eigenvalue weighted by Gasteiger charge is 2.58. The van der Waals surface area contributed by atoms with E-state index in [0.29, 0.717) is 47.9 Å². The molecule has 5 rings (SSSR count). The Morgan fingerprint density at radius 2 is 1.80 bits per heavy atom. The molecule has 4 heterocycles. The highest BCUT2D eigenvalue weighted by atomic mass is 32.1. The van der Waals surface area contributed by atoms with Crippen LogP contribution in [0.15, 0.2) is 0 Å². The summed E-state index contributed by atoms with van der Waals surface area (Å²) in [4.78, 5) is 57.5. The first-order chi connectivity index (χ1) is 16.5. The normalized spacial score (nSPS) is 26.4. The van der Waals surface area contributed by atoms with Gasteiger partial charge >= 0.3 is 6.09 Å². The van der Waals surface area contributed by atoms with Crippen molar-refractivity contribution in [2.45, 2.75) is 82.9 Å². The third-order valence-electron chi connectivity index (χ3n) is 7.81. The number of thiophene rings is 1. The maximum Gasteiger partial charge on any atom is 0.418 e. The lowest BCUT2D eigenvalue weighted by atomic mass is 9.88. The predicted octanol–water partition coefficient (Wildman–Crippen LogP) is 3.07. The Balaban J connectivity index is 1.25. The monoisotopic (exact) mass is 502 g/mol. The Bertz CT molecular complexity index is 1080. The van der Waals surface area contributed by atoms with E-state index in [0.717, 1.165) is 44.2 Å². The summed E-state index contributed by atoms with van der Waals surface area (Å²) in [6.45, 7) is 7.94. The molecule has 10 heteroatoms. The number of hydrogen-bond donors (Lipinski definition) is 1. The van der Waals surface area contributed by atoms with Gasteiger partial charge in [-0.2, -0.15) is 0 Å². The van der Waals surface area contributed by atoms with E-state index in [4.69, 9.17) is 10.5 Å². The van der Waals surface area contributed by atoms with E-state index in [1.165, 1.54) is 16.2 Å². The zero-order chi connectivity index (χ0) is 25.1. The van der Waals surface area contributed by atoms with E-state index >= 15 is 0 Å². The first-order valence-electron chi connectivity index (χ1n) is 12.6. The number of nitrogens with zero attached hydrogens (tertiary/aromatic N) is 3. The Morgan fingerprint density at radius 1 is 1.09 bits per heavy atom. The van der Waals surface area contributed by atoms with Gasteiger partial charge in [0.25, 0.3) is 11.8 Å². The van der Waals surface area contributed by atoms with Gasteiger partial charge in [-0.05, 0) is 71.4 Å². The van der Waals surface area contributed by atoms with Gasteiger partial charge in [-0.15, -0.1) is 11.3 Å². The van der Waals surface area contributed by atoms with Gasteiger partial charge in [0.1, 0.15) is 0 Å². The number of ether oxygens (including phenoxy) is 1. The second-order valence-electron chi connectivity index (χ2n) is 11.2. The third-order valence-corrected chi connectivity index (χ3v) is 8.92. The summed E-state index contributed by atoms with van der Waals surface area (Å²) in [6, 6.07) is 0.210. The first-order valence-corrected chi connectivity index (χ1v) is 13.4. The second-order valence-corrected chi connectivity index (χ2v) is 12.2. The van der Waals surface area contributed by atoms with Gasteiger partial charge in [0.05, 0.1) is 15.4 Å². The van der Waals surface area contributed by atoms with Gasteiger partial charge in [0, 0.05) is 37.6 Å². The van der Waals surface area contributed by atoms with Crippen LogP contribution in [0.3, 0.4) is 0 Å². The molecular formula is C25H34N4O5S. The summed E-state index contributed by atoms with van der Waals surface area (Å²) in [5, 5.41) is 0.445. The number of amides is 3. The number of Topliss-reactive ketones (excluding diaryl/α,β-unsaturated/α-hetero) is 1. The molecule has 1 aromatic heterocycles. The molecule has 1 aliphatic carbocycles. The number of rotatable bonds is 2. The van der Waals surface area contributed by atoms with Crippen LogP contribution >= 0.6 is 11.3 Å². The molecule has 0 aromatic carbocycles. The van der Waals surface area contributed by atoms with Crippen LogP contribution in [0.1, 0.15) is 84.9 Å². The average molecular weight is 503 g/mol. The van der Waals surface area contributed by atoms with E-state index in [1.54, 1.807) is 0 Å². The maximum atomic E-state index is 13.4. The Morgan fingerprint density at radius 3 is 2.46 bits per heavy atom. The van der Waals surface area contributed by atoms with E-state index in [-0.39, 0.29) is 23.6 Å². The molecule has 1 atom stereocenters. The zero-order valence-corrected chi connectivity index (χ0v) is 21.5. The molecule has 1 unspecified atom stereocenters. The van der Waals surface area contributed by atoms with Crippen LogP contribution in [0.5, 0.6) is 0 Å². The molecule has 0 bridgehead atoms. The molecule has 3 amide bonds. The van der Waals surface area contributed by atoms with E-state index in [1.807, 2.05) is 25.7 Å². The SMILES string of the molecule is CC(C)(C)N1C(=O)OC2(CCCN(C3CCN(C(=O)c4c(N)sc5c4CCCC5=O)CC3)C2)C1=O. The Hall–Kier alpha value is -2.46. The third kappa shape index (κ3) is 4.04. The van der Waals surface area contributed by atoms with E-state index in [9.17, 15) is 19.2 Å². The van der Waals surface area contributed by atoms with Gasteiger partial charge in [0.15, 0.2) is 5.78 Å². The number of carbonyl (C=O) groups is 4. The van der Waals surface area contributed by atoms with E-state index < -0.39 is 17.2 Å². The standard InChI is InChI=1S/C25H34N4O5S/c1-24(2,3)29-22(32)25(34-23(29)33)10-5-11-28(14-25)15-8-12-27(13-9-15)21(31)18-16-6-4-7-17(30)19(16)35-20(18)26/h15H,4-14,26H2,1-3H3. The number of carbonyl (C=O) groups excluding carboxylic acids is 4. The van der Waals surface area contributed by atoms with Crippen molar-refractivity contribution in [3.63, 3.8) is 0 Å². The summed E-state index contributed by atoms with van der Waals surface area (Å²) in [7, 11) is 0. The van der Waals surface area contributed by atoms with Crippen LogP contribution in [0.25, 0.3) is 0 Å². The minimum atomic E-state index is -1.10. The van der Waals surface area contributed by atoms with Crippen molar-refractivity contribution in [2.24, 2.45) is 0 Å². The fraction of sp³-hybridized carbons (Fsp3) is 0.680. The molecule has 3 aliphatic heterocycles. The van der Waals surface area contributed by atoms with Crippen LogP contribution in [-0.2, 0) is 16.0 Å². The van der Waals surface area contributed by atoms with Crippen molar-refractivity contribution >= 4 is 40.0 Å². The van der Waals surface area contributed by atoms with Crippen LogP contribution in [0.4, 0.5) is 9.80 Å². The Kier molecular flexibility index (Phi) is 5.95. The van der Waals surface area contributed by atoms with Gasteiger partial charge in [-0.1, -0.05) is 0 Å². The fourth-order valence-electron chi connectivity index (χ4n) is 6.06. The smallest absolute Gasteiger partial charge is 0.418 e. The number of fused-ring (bicyclic) bond motifs is 1. The topological polar surface area (TPSA) is 113 Å². The summed E-state index contributed by atoms with van der Waals surface area (Å²) < 4.78 is 5.74. The predicted molar refractivity (Wildman–Crippen MR) is 132 cm³/mol. The highest BCUT2D eigenvalue weighted by Crippen LogP contribution is 2.39. The largest absolute Gasteiger partial charge is 0.431 e. The first kappa shape index (κ1) is 24.2. The minimum absolute atomic E-state index is 0.0796. The van der Waals surface area contributed by atoms with E-state index in [2.05, 4.69) is 4.90 Å². The molecule has 1 aromatic rings. The number of nitrogen functional groups attached to an aromatic ring is 1. The summed E-state index contributed by atoms with van der Waals surface area (Å²) in [5.41, 5.74) is 5.83. The van der Waals surface area contributed by atoms with Crippen LogP contribution in [0.2, 0.25) is 0 Å². The van der Waals surface area contributed by atoms with Crippen molar-refractivity contribution < 1.29 is 23.9 Å². The molecular weight excluding hydrogens is 468 g/mol. The number of nitrogens with two attached hydrogens (primary N) is 1. The fourth-order valence-corrected chi connectivity index (χ4v) is 7.14. The molecule has 3 fully saturated rings. The minimum Gasteiger partial charge on any atom is -0.431 e. The highest BCUT2D eigenvalue weighted by molar-refractivity contribution is 7.18. The number of piperidine rings is 2. The summed E-state index contributed by atoms with van der Waals surface area (Å²) >= 11 is 1.25. The average Bonchev–Trinajstić information content (AvgIpc) is 3.26. The van der Waals surface area contributed by atoms with Gasteiger partial charge in [-0.25, -0.2) is 9.69 Å².